The van der Waals surface area contributed by atoms with Gasteiger partial charge in [0.25, 0.3) is 0 Å². The molecule has 0 aromatic rings. The normalized spacial score (nSPS) is 16.3. The van der Waals surface area contributed by atoms with Gasteiger partial charge in [0.1, 0.15) is 6.61 Å². The van der Waals surface area contributed by atoms with Gasteiger partial charge >= 0.3 is 11.9 Å². The van der Waals surface area contributed by atoms with Gasteiger partial charge in [-0.1, -0.05) is 19.4 Å². The molecule has 1 heterocycles. The summed E-state index contributed by atoms with van der Waals surface area (Å²) in [5.41, 5.74) is 1.93. The number of rotatable bonds is 8. The monoisotopic (exact) mass is 308 g/mol. The van der Waals surface area contributed by atoms with Crippen LogP contribution in [0.1, 0.15) is 47.0 Å². The van der Waals surface area contributed by atoms with E-state index in [0.29, 0.717) is 6.61 Å². The van der Waals surface area contributed by atoms with Gasteiger partial charge in [-0.2, -0.15) is 0 Å². The number of carbonyl (C=O) groups excluding carboxylic acids is 3. The van der Waals surface area contributed by atoms with E-state index in [1.165, 1.54) is 13.0 Å². The lowest BCUT2D eigenvalue weighted by atomic mass is 9.99. The van der Waals surface area contributed by atoms with Gasteiger partial charge < -0.3 is 9.47 Å². The van der Waals surface area contributed by atoms with Crippen LogP contribution in [0.15, 0.2) is 23.3 Å². The molecule has 5 heteroatoms. The predicted molar refractivity (Wildman–Crippen MR) is 82.0 cm³/mol. The van der Waals surface area contributed by atoms with Gasteiger partial charge in [-0.05, 0) is 43.8 Å². The highest BCUT2D eigenvalue weighted by molar-refractivity contribution is 5.95. The Morgan fingerprint density at radius 1 is 1.36 bits per heavy atom. The van der Waals surface area contributed by atoms with Crippen LogP contribution in [0.2, 0.25) is 0 Å². The Morgan fingerprint density at radius 3 is 2.55 bits per heavy atom. The molecule has 1 unspecified atom stereocenters. The lowest BCUT2D eigenvalue weighted by molar-refractivity contribution is -0.154. The predicted octanol–water partition coefficient (Wildman–Crippen LogP) is 2.74. The highest BCUT2D eigenvalue weighted by Gasteiger charge is 2.23. The maximum Gasteiger partial charge on any atom is 0.331 e. The van der Waals surface area contributed by atoms with Crippen molar-refractivity contribution in [3.63, 3.8) is 0 Å². The van der Waals surface area contributed by atoms with Crippen molar-refractivity contribution >= 4 is 17.7 Å². The maximum absolute atomic E-state index is 12.2. The van der Waals surface area contributed by atoms with Crippen LogP contribution in [0.3, 0.4) is 0 Å². The number of hydrogen-bond acceptors (Lipinski definition) is 5. The molecular weight excluding hydrogens is 284 g/mol. The lowest BCUT2D eigenvalue weighted by Gasteiger charge is -2.18. The molecular formula is C17H24O5. The van der Waals surface area contributed by atoms with Crippen LogP contribution >= 0.6 is 0 Å². The summed E-state index contributed by atoms with van der Waals surface area (Å²) in [6.07, 6.45) is 4.73. The first-order valence-corrected chi connectivity index (χ1v) is 7.54. The van der Waals surface area contributed by atoms with Crippen molar-refractivity contribution in [2.75, 3.05) is 6.61 Å². The average Bonchev–Trinajstić information content (AvgIpc) is 2.81. The standard InChI is InChI=1S/C17H24O5/c1-11(2)17(22-13(4)18)15(19)8-12(3)6-5-7-14-9-16(20)21-10-14/h8-9,11,17H,5-7,10H2,1-4H3/b12-8+. The number of ketones is 1. The maximum atomic E-state index is 12.2. The summed E-state index contributed by atoms with van der Waals surface area (Å²) in [4.78, 5) is 34.1. The molecule has 0 N–H and O–H groups in total. The second-order valence-corrected chi connectivity index (χ2v) is 5.93. The Balaban J connectivity index is 2.48. The molecule has 0 spiro atoms. The summed E-state index contributed by atoms with van der Waals surface area (Å²) in [5.74, 6) is -0.969. The first-order valence-electron chi connectivity index (χ1n) is 7.54. The summed E-state index contributed by atoms with van der Waals surface area (Å²) in [5, 5.41) is 0. The first kappa shape index (κ1) is 18.1. The molecule has 1 atom stereocenters. The molecule has 0 saturated carbocycles. The second kappa shape index (κ2) is 8.51. The van der Waals surface area contributed by atoms with Gasteiger partial charge in [-0.15, -0.1) is 0 Å². The number of ether oxygens (including phenoxy) is 2. The van der Waals surface area contributed by atoms with Gasteiger partial charge in [0.05, 0.1) is 0 Å². The van der Waals surface area contributed by atoms with Crippen LogP contribution in [0.4, 0.5) is 0 Å². The van der Waals surface area contributed by atoms with Crippen LogP contribution in [0.25, 0.3) is 0 Å². The van der Waals surface area contributed by atoms with Gasteiger partial charge in [-0.3, -0.25) is 9.59 Å². The molecule has 0 fully saturated rings. The second-order valence-electron chi connectivity index (χ2n) is 5.93. The van der Waals surface area contributed by atoms with Crippen molar-refractivity contribution in [3.8, 4) is 0 Å². The lowest BCUT2D eigenvalue weighted by Crippen LogP contribution is -2.30. The van der Waals surface area contributed by atoms with Crippen molar-refractivity contribution in [1.82, 2.24) is 0 Å². The minimum Gasteiger partial charge on any atom is -0.458 e. The summed E-state index contributed by atoms with van der Waals surface area (Å²) in [6.45, 7) is 7.25. The van der Waals surface area contributed by atoms with E-state index in [2.05, 4.69) is 0 Å². The van der Waals surface area contributed by atoms with Gasteiger partial charge in [0.15, 0.2) is 11.9 Å². The number of carbonyl (C=O) groups is 3. The summed E-state index contributed by atoms with van der Waals surface area (Å²) >= 11 is 0. The molecule has 0 amide bonds. The van der Waals surface area contributed by atoms with Crippen molar-refractivity contribution in [1.29, 1.82) is 0 Å². The zero-order chi connectivity index (χ0) is 16.7. The fourth-order valence-electron chi connectivity index (χ4n) is 2.25. The Hall–Kier alpha value is -1.91. The summed E-state index contributed by atoms with van der Waals surface area (Å²) in [6, 6.07) is 0. The van der Waals surface area contributed by atoms with E-state index in [9.17, 15) is 14.4 Å². The van der Waals surface area contributed by atoms with E-state index in [-0.39, 0.29) is 17.7 Å². The van der Waals surface area contributed by atoms with E-state index in [1.54, 1.807) is 6.08 Å². The van der Waals surface area contributed by atoms with Crippen molar-refractivity contribution in [2.45, 2.75) is 53.1 Å². The quantitative estimate of drug-likeness (QED) is 0.509. The third kappa shape index (κ3) is 6.24. The van der Waals surface area contributed by atoms with Crippen molar-refractivity contribution in [2.24, 2.45) is 5.92 Å². The zero-order valence-corrected chi connectivity index (χ0v) is 13.7. The molecule has 0 saturated heterocycles. The van der Waals surface area contributed by atoms with Crippen LogP contribution in [0, 0.1) is 5.92 Å². The molecule has 0 bridgehead atoms. The van der Waals surface area contributed by atoms with E-state index < -0.39 is 12.1 Å². The highest BCUT2D eigenvalue weighted by atomic mass is 16.5. The molecule has 1 aliphatic rings. The molecule has 0 aromatic heterocycles. The molecule has 22 heavy (non-hydrogen) atoms. The molecule has 1 aliphatic heterocycles. The minimum atomic E-state index is -0.726. The summed E-state index contributed by atoms with van der Waals surface area (Å²) in [7, 11) is 0. The van der Waals surface area contributed by atoms with Crippen LogP contribution in [-0.4, -0.2) is 30.4 Å². The Morgan fingerprint density at radius 2 is 2.05 bits per heavy atom. The zero-order valence-electron chi connectivity index (χ0n) is 13.7. The Bertz CT molecular complexity index is 499. The van der Waals surface area contributed by atoms with E-state index in [0.717, 1.165) is 30.4 Å². The van der Waals surface area contributed by atoms with Crippen molar-refractivity contribution < 1.29 is 23.9 Å². The minimum absolute atomic E-state index is 0.0627. The number of hydrogen-bond donors (Lipinski definition) is 0. The topological polar surface area (TPSA) is 69.7 Å². The molecule has 5 nitrogen and oxygen atoms in total. The van der Waals surface area contributed by atoms with Gasteiger partial charge in [0.2, 0.25) is 0 Å². The van der Waals surface area contributed by atoms with Crippen molar-refractivity contribution in [3.05, 3.63) is 23.3 Å². The van der Waals surface area contributed by atoms with Gasteiger partial charge in [-0.25, -0.2) is 4.79 Å². The SMILES string of the molecule is CC(=O)OC(C(=O)/C=C(\C)CCCC1=CC(=O)OC1)C(C)C. The first-order chi connectivity index (χ1) is 10.3. The Kier molecular flexibility index (Phi) is 7.02. The van der Waals surface area contributed by atoms with E-state index in [1.807, 2.05) is 20.8 Å². The Labute approximate surface area is 131 Å². The smallest absolute Gasteiger partial charge is 0.331 e. The number of cyclic esters (lactones) is 1. The number of allylic oxidation sites excluding steroid dienone is 1. The van der Waals surface area contributed by atoms with E-state index >= 15 is 0 Å². The third-order valence-electron chi connectivity index (χ3n) is 3.36. The number of esters is 2. The average molecular weight is 308 g/mol. The van der Waals surface area contributed by atoms with Crippen LogP contribution < -0.4 is 0 Å². The van der Waals surface area contributed by atoms with E-state index in [4.69, 9.17) is 9.47 Å². The third-order valence-corrected chi connectivity index (χ3v) is 3.36. The van der Waals surface area contributed by atoms with Crippen LogP contribution in [-0.2, 0) is 23.9 Å². The molecule has 0 aliphatic carbocycles. The van der Waals surface area contributed by atoms with Gasteiger partial charge in [0, 0.05) is 13.0 Å². The van der Waals surface area contributed by atoms with Crippen LogP contribution in [0.5, 0.6) is 0 Å². The summed E-state index contributed by atoms with van der Waals surface area (Å²) < 4.78 is 9.91. The fraction of sp³-hybridized carbons (Fsp3) is 0.588. The fourth-order valence-corrected chi connectivity index (χ4v) is 2.25. The highest BCUT2D eigenvalue weighted by Crippen LogP contribution is 2.17. The molecule has 122 valence electrons. The largest absolute Gasteiger partial charge is 0.458 e. The molecule has 1 rings (SSSR count). The molecule has 0 aromatic carbocycles. The molecule has 0 radical (unpaired) electrons.